The molecule has 2 aromatic rings. The molecule has 1 aromatic heterocycles. The van der Waals surface area contributed by atoms with Crippen molar-refractivity contribution in [3.8, 4) is 0 Å². The molecule has 0 radical (unpaired) electrons. The molecule has 6 heteroatoms. The van der Waals surface area contributed by atoms with E-state index in [9.17, 15) is 9.59 Å². The van der Waals surface area contributed by atoms with Crippen molar-refractivity contribution in [3.63, 3.8) is 0 Å². The molecule has 21 heavy (non-hydrogen) atoms. The minimum absolute atomic E-state index is 0.170. The molecule has 0 unspecified atom stereocenters. The van der Waals surface area contributed by atoms with E-state index in [1.165, 1.54) is 0 Å². The monoisotopic (exact) mass is 289 g/mol. The van der Waals surface area contributed by atoms with E-state index >= 15 is 0 Å². The largest absolute Gasteiger partial charge is 0.396 e. The van der Waals surface area contributed by atoms with Crippen LogP contribution in [0.15, 0.2) is 29.1 Å². The van der Waals surface area contributed by atoms with Gasteiger partial charge in [-0.2, -0.15) is 5.10 Å². The molecule has 0 aliphatic carbocycles. The topological polar surface area (TPSA) is 86.3 Å². The summed E-state index contributed by atoms with van der Waals surface area (Å²) in [5, 5.41) is 16.0. The first-order valence-electron chi connectivity index (χ1n) is 6.99. The number of aliphatic hydroxyl groups excluding tert-OH is 1. The molecule has 0 atom stereocenters. The number of aliphatic hydroxyl groups is 1. The fourth-order valence-electron chi connectivity index (χ4n) is 2.20. The Labute approximate surface area is 122 Å². The summed E-state index contributed by atoms with van der Waals surface area (Å²) < 4.78 is 0. The lowest BCUT2D eigenvalue weighted by Gasteiger charge is -2.17. The van der Waals surface area contributed by atoms with Crippen molar-refractivity contribution in [2.75, 3.05) is 20.2 Å². The molecular formula is C15H19N3O3. The smallest absolute Gasteiger partial charge is 0.274 e. The maximum Gasteiger partial charge on any atom is 0.274 e. The molecule has 1 amide bonds. The van der Waals surface area contributed by atoms with Crippen LogP contribution in [0.25, 0.3) is 10.8 Å². The van der Waals surface area contributed by atoms with E-state index in [1.807, 2.05) is 0 Å². The summed E-state index contributed by atoms with van der Waals surface area (Å²) in [7, 11) is 1.71. The van der Waals surface area contributed by atoms with E-state index in [2.05, 4.69) is 10.2 Å². The van der Waals surface area contributed by atoms with E-state index in [0.717, 1.165) is 19.3 Å². The summed E-state index contributed by atoms with van der Waals surface area (Å²) in [5.74, 6) is -0.216. The third kappa shape index (κ3) is 3.46. The van der Waals surface area contributed by atoms with E-state index < -0.39 is 0 Å². The van der Waals surface area contributed by atoms with E-state index in [1.54, 1.807) is 36.2 Å². The Morgan fingerprint density at radius 3 is 2.67 bits per heavy atom. The zero-order valence-electron chi connectivity index (χ0n) is 12.0. The van der Waals surface area contributed by atoms with Crippen LogP contribution in [0.1, 0.15) is 29.8 Å². The van der Waals surface area contributed by atoms with Crippen molar-refractivity contribution < 1.29 is 9.90 Å². The molecular weight excluding hydrogens is 270 g/mol. The molecule has 0 saturated heterocycles. The Kier molecular flexibility index (Phi) is 5.05. The third-order valence-electron chi connectivity index (χ3n) is 3.40. The van der Waals surface area contributed by atoms with Crippen LogP contribution in [0.3, 0.4) is 0 Å². The van der Waals surface area contributed by atoms with Gasteiger partial charge in [-0.3, -0.25) is 9.59 Å². The standard InChI is InChI=1S/C15H19N3O3/c1-18(9-5-2-6-10-19)15(21)13-11-7-3-4-8-12(11)14(20)17-16-13/h3-4,7-8,19H,2,5-6,9-10H2,1H3,(H,17,20). The minimum Gasteiger partial charge on any atom is -0.396 e. The quantitative estimate of drug-likeness (QED) is 0.781. The summed E-state index contributed by atoms with van der Waals surface area (Å²) in [6, 6.07) is 6.93. The first kappa shape index (κ1) is 15.2. The van der Waals surface area contributed by atoms with Gasteiger partial charge in [0.15, 0.2) is 5.69 Å². The number of amides is 1. The number of carbonyl (C=O) groups excluding carboxylic acids is 1. The van der Waals surface area contributed by atoms with Crippen molar-refractivity contribution in [1.82, 2.24) is 15.1 Å². The van der Waals surface area contributed by atoms with Gasteiger partial charge in [0.25, 0.3) is 11.5 Å². The summed E-state index contributed by atoms with van der Waals surface area (Å²) in [6.07, 6.45) is 2.43. The van der Waals surface area contributed by atoms with Gasteiger partial charge in [-0.15, -0.1) is 0 Å². The van der Waals surface area contributed by atoms with Crippen LogP contribution in [-0.2, 0) is 0 Å². The SMILES string of the molecule is CN(CCCCCO)C(=O)c1n[nH]c(=O)c2ccccc12. The molecule has 0 bridgehead atoms. The Morgan fingerprint density at radius 2 is 1.95 bits per heavy atom. The average Bonchev–Trinajstić information content (AvgIpc) is 2.51. The summed E-state index contributed by atoms with van der Waals surface area (Å²) in [5.41, 5.74) is -0.0393. The summed E-state index contributed by atoms with van der Waals surface area (Å²) >= 11 is 0. The van der Waals surface area contributed by atoms with Crippen molar-refractivity contribution in [1.29, 1.82) is 0 Å². The molecule has 0 aliphatic heterocycles. The van der Waals surface area contributed by atoms with Crippen molar-refractivity contribution in [3.05, 3.63) is 40.3 Å². The van der Waals surface area contributed by atoms with E-state index in [4.69, 9.17) is 5.11 Å². The third-order valence-corrected chi connectivity index (χ3v) is 3.40. The number of carbonyl (C=O) groups is 1. The number of unbranched alkanes of at least 4 members (excludes halogenated alkanes) is 2. The van der Waals surface area contributed by atoms with Crippen LogP contribution < -0.4 is 5.56 Å². The first-order chi connectivity index (χ1) is 10.1. The molecule has 2 rings (SSSR count). The zero-order valence-corrected chi connectivity index (χ0v) is 12.0. The van der Waals surface area contributed by atoms with Crippen LogP contribution in [0.2, 0.25) is 0 Å². The fraction of sp³-hybridized carbons (Fsp3) is 0.400. The number of aromatic nitrogens is 2. The molecule has 112 valence electrons. The average molecular weight is 289 g/mol. The van der Waals surface area contributed by atoms with Crippen LogP contribution in [0.4, 0.5) is 0 Å². The molecule has 0 fully saturated rings. The molecule has 1 aromatic carbocycles. The molecule has 0 spiro atoms. The number of nitrogens with zero attached hydrogens (tertiary/aromatic N) is 2. The highest BCUT2D eigenvalue weighted by Crippen LogP contribution is 2.14. The molecule has 0 saturated carbocycles. The van der Waals surface area contributed by atoms with Gasteiger partial charge in [0.1, 0.15) is 0 Å². The Balaban J connectivity index is 2.20. The lowest BCUT2D eigenvalue weighted by molar-refractivity contribution is 0.0787. The normalized spacial score (nSPS) is 10.8. The molecule has 6 nitrogen and oxygen atoms in total. The summed E-state index contributed by atoms with van der Waals surface area (Å²) in [6.45, 7) is 0.762. The Bertz CT molecular complexity index is 681. The molecule has 0 aliphatic rings. The number of rotatable bonds is 6. The molecule has 2 N–H and O–H groups in total. The van der Waals surface area contributed by atoms with Gasteiger partial charge in [-0.25, -0.2) is 5.10 Å². The van der Waals surface area contributed by atoms with Crippen LogP contribution >= 0.6 is 0 Å². The number of aromatic amines is 1. The highest BCUT2D eigenvalue weighted by Gasteiger charge is 2.17. The Hall–Kier alpha value is -2.21. The fourth-order valence-corrected chi connectivity index (χ4v) is 2.20. The highest BCUT2D eigenvalue weighted by molar-refractivity contribution is 6.04. The van der Waals surface area contributed by atoms with Crippen molar-refractivity contribution in [2.24, 2.45) is 0 Å². The van der Waals surface area contributed by atoms with Crippen molar-refractivity contribution in [2.45, 2.75) is 19.3 Å². The number of nitrogens with one attached hydrogen (secondary N) is 1. The van der Waals surface area contributed by atoms with Crippen LogP contribution in [0.5, 0.6) is 0 Å². The predicted molar refractivity (Wildman–Crippen MR) is 80.3 cm³/mol. The second-order valence-corrected chi connectivity index (χ2v) is 4.96. The second kappa shape index (κ2) is 6.99. The summed E-state index contributed by atoms with van der Waals surface area (Å²) in [4.78, 5) is 25.7. The van der Waals surface area contributed by atoms with E-state index in [-0.39, 0.29) is 23.8 Å². The highest BCUT2D eigenvalue weighted by atomic mass is 16.3. The van der Waals surface area contributed by atoms with Crippen LogP contribution in [0, 0.1) is 0 Å². The maximum absolute atomic E-state index is 12.4. The number of benzene rings is 1. The van der Waals surface area contributed by atoms with Gasteiger partial charge in [0.2, 0.25) is 0 Å². The first-order valence-corrected chi connectivity index (χ1v) is 6.99. The number of hydrogen-bond donors (Lipinski definition) is 2. The second-order valence-electron chi connectivity index (χ2n) is 4.96. The number of H-pyrrole nitrogens is 1. The van der Waals surface area contributed by atoms with Gasteiger partial charge in [0.05, 0.1) is 5.39 Å². The van der Waals surface area contributed by atoms with Gasteiger partial charge >= 0.3 is 0 Å². The van der Waals surface area contributed by atoms with Crippen LogP contribution in [-0.4, -0.2) is 46.3 Å². The molecule has 1 heterocycles. The lowest BCUT2D eigenvalue weighted by atomic mass is 10.1. The van der Waals surface area contributed by atoms with Gasteiger partial charge in [-0.05, 0) is 25.3 Å². The number of hydrogen-bond acceptors (Lipinski definition) is 4. The zero-order chi connectivity index (χ0) is 15.2. The van der Waals surface area contributed by atoms with Gasteiger partial charge in [-0.1, -0.05) is 18.2 Å². The maximum atomic E-state index is 12.4. The lowest BCUT2D eigenvalue weighted by Crippen LogP contribution is -2.30. The van der Waals surface area contributed by atoms with Crippen molar-refractivity contribution >= 4 is 16.7 Å². The predicted octanol–water partition coefficient (Wildman–Crippen LogP) is 1.16. The number of fused-ring (bicyclic) bond motifs is 1. The van der Waals surface area contributed by atoms with Gasteiger partial charge in [0, 0.05) is 25.6 Å². The van der Waals surface area contributed by atoms with E-state index in [0.29, 0.717) is 17.3 Å². The minimum atomic E-state index is -0.298. The van der Waals surface area contributed by atoms with Gasteiger partial charge < -0.3 is 10.0 Å². The Morgan fingerprint density at radius 1 is 1.24 bits per heavy atom.